The molecule has 1 aromatic heterocycles. The van der Waals surface area contributed by atoms with E-state index in [1.54, 1.807) is 25.7 Å². The van der Waals surface area contributed by atoms with Crippen LogP contribution >= 0.6 is 11.3 Å². The van der Waals surface area contributed by atoms with Crippen LogP contribution in [-0.4, -0.2) is 31.2 Å². The fourth-order valence-corrected chi connectivity index (χ4v) is 3.66. The van der Waals surface area contributed by atoms with E-state index in [2.05, 4.69) is 15.6 Å². The van der Waals surface area contributed by atoms with Gasteiger partial charge in [0.1, 0.15) is 17.2 Å². The molecule has 0 spiro atoms. The molecule has 1 aromatic carbocycles. The summed E-state index contributed by atoms with van der Waals surface area (Å²) in [5, 5.41) is 8.71. The van der Waals surface area contributed by atoms with Crippen molar-refractivity contribution in [1.29, 1.82) is 0 Å². The Morgan fingerprint density at radius 2 is 2.00 bits per heavy atom. The maximum Gasteiger partial charge on any atom is 0.271 e. The Morgan fingerprint density at radius 1 is 1.20 bits per heavy atom. The number of aromatic nitrogens is 1. The standard InChI is InChI=1S/C18H23N3O3S/c1-23-13-8-9-14(16(10-13)24-2)20-18-21-15(11-25-18)17(22)19-12-6-4-3-5-7-12/h8-12H,3-7H2,1-2H3,(H,19,22)(H,20,21). The first-order valence-electron chi connectivity index (χ1n) is 8.45. The van der Waals surface area contributed by atoms with E-state index in [9.17, 15) is 4.79 Å². The molecule has 6 nitrogen and oxygen atoms in total. The number of nitrogens with one attached hydrogen (secondary N) is 2. The van der Waals surface area contributed by atoms with Crippen LogP contribution in [0.4, 0.5) is 10.8 Å². The lowest BCUT2D eigenvalue weighted by atomic mass is 9.95. The molecule has 1 fully saturated rings. The smallest absolute Gasteiger partial charge is 0.271 e. The summed E-state index contributed by atoms with van der Waals surface area (Å²) in [5.74, 6) is 1.27. The van der Waals surface area contributed by atoms with Gasteiger partial charge in [-0.1, -0.05) is 19.3 Å². The number of rotatable bonds is 6. The van der Waals surface area contributed by atoms with Crippen LogP contribution in [0.3, 0.4) is 0 Å². The minimum Gasteiger partial charge on any atom is -0.497 e. The van der Waals surface area contributed by atoms with E-state index in [1.807, 2.05) is 12.1 Å². The Labute approximate surface area is 151 Å². The van der Waals surface area contributed by atoms with Crippen molar-refractivity contribution in [3.05, 3.63) is 29.3 Å². The van der Waals surface area contributed by atoms with Gasteiger partial charge in [-0.05, 0) is 25.0 Å². The second-order valence-corrected chi connectivity index (χ2v) is 6.90. The molecule has 3 rings (SSSR count). The van der Waals surface area contributed by atoms with Crippen LogP contribution in [0.1, 0.15) is 42.6 Å². The maximum absolute atomic E-state index is 12.3. The molecule has 1 aliphatic rings. The van der Waals surface area contributed by atoms with Crippen molar-refractivity contribution in [3.63, 3.8) is 0 Å². The molecule has 1 heterocycles. The molecule has 134 valence electrons. The molecule has 7 heteroatoms. The van der Waals surface area contributed by atoms with Crippen molar-refractivity contribution in [3.8, 4) is 11.5 Å². The molecule has 0 aliphatic heterocycles. The van der Waals surface area contributed by atoms with Gasteiger partial charge >= 0.3 is 0 Å². The molecule has 0 bridgehead atoms. The zero-order valence-electron chi connectivity index (χ0n) is 14.5. The molecule has 0 saturated heterocycles. The van der Waals surface area contributed by atoms with Crippen LogP contribution in [0.25, 0.3) is 0 Å². The molecular weight excluding hydrogens is 338 g/mol. The summed E-state index contributed by atoms with van der Waals surface area (Å²) in [6.45, 7) is 0. The largest absolute Gasteiger partial charge is 0.497 e. The topological polar surface area (TPSA) is 72.5 Å². The molecular formula is C18H23N3O3S. The van der Waals surface area contributed by atoms with Crippen LogP contribution in [-0.2, 0) is 0 Å². The van der Waals surface area contributed by atoms with Gasteiger partial charge in [-0.25, -0.2) is 4.98 Å². The van der Waals surface area contributed by atoms with Crippen LogP contribution in [0, 0.1) is 0 Å². The van der Waals surface area contributed by atoms with Gasteiger partial charge in [0.15, 0.2) is 5.13 Å². The minimum atomic E-state index is -0.0992. The van der Waals surface area contributed by atoms with E-state index in [-0.39, 0.29) is 11.9 Å². The molecule has 0 atom stereocenters. The molecule has 2 N–H and O–H groups in total. The van der Waals surface area contributed by atoms with E-state index in [0.29, 0.717) is 22.3 Å². The second kappa shape index (κ2) is 8.20. The van der Waals surface area contributed by atoms with Crippen molar-refractivity contribution in [2.75, 3.05) is 19.5 Å². The third-order valence-electron chi connectivity index (χ3n) is 4.33. The van der Waals surface area contributed by atoms with Gasteiger partial charge in [0, 0.05) is 17.5 Å². The average Bonchev–Trinajstić information content (AvgIpc) is 3.11. The van der Waals surface area contributed by atoms with Gasteiger partial charge in [-0.3, -0.25) is 4.79 Å². The molecule has 1 aliphatic carbocycles. The number of amides is 1. The summed E-state index contributed by atoms with van der Waals surface area (Å²) in [6.07, 6.45) is 5.76. The van der Waals surface area contributed by atoms with Crippen molar-refractivity contribution in [1.82, 2.24) is 10.3 Å². The predicted octanol–water partition coefficient (Wildman–Crippen LogP) is 3.97. The summed E-state index contributed by atoms with van der Waals surface area (Å²) >= 11 is 1.39. The highest BCUT2D eigenvalue weighted by molar-refractivity contribution is 7.14. The zero-order valence-corrected chi connectivity index (χ0v) is 15.3. The first-order valence-corrected chi connectivity index (χ1v) is 9.33. The third-order valence-corrected chi connectivity index (χ3v) is 5.09. The lowest BCUT2D eigenvalue weighted by Crippen LogP contribution is -2.36. The average molecular weight is 361 g/mol. The van der Waals surface area contributed by atoms with Crippen LogP contribution in [0.2, 0.25) is 0 Å². The van der Waals surface area contributed by atoms with Gasteiger partial charge in [-0.2, -0.15) is 0 Å². The molecule has 0 radical (unpaired) electrons. The zero-order chi connectivity index (χ0) is 17.6. The Balaban J connectivity index is 1.66. The molecule has 1 saturated carbocycles. The Hall–Kier alpha value is -2.28. The molecule has 2 aromatic rings. The maximum atomic E-state index is 12.3. The van der Waals surface area contributed by atoms with E-state index >= 15 is 0 Å². The number of carbonyl (C=O) groups excluding carboxylic acids is 1. The second-order valence-electron chi connectivity index (χ2n) is 6.04. The number of methoxy groups -OCH3 is 2. The first kappa shape index (κ1) is 17.5. The number of ether oxygens (including phenoxy) is 2. The first-order chi connectivity index (χ1) is 12.2. The highest BCUT2D eigenvalue weighted by Gasteiger charge is 2.18. The third kappa shape index (κ3) is 4.42. The number of thiazole rings is 1. The molecule has 1 amide bonds. The van der Waals surface area contributed by atoms with Crippen molar-refractivity contribution in [2.24, 2.45) is 0 Å². The summed E-state index contributed by atoms with van der Waals surface area (Å²) in [7, 11) is 3.21. The Morgan fingerprint density at radius 3 is 2.72 bits per heavy atom. The lowest BCUT2D eigenvalue weighted by molar-refractivity contribution is 0.0923. The fourth-order valence-electron chi connectivity index (χ4n) is 2.96. The number of anilines is 2. The number of carbonyl (C=O) groups is 1. The highest BCUT2D eigenvalue weighted by Crippen LogP contribution is 2.32. The number of hydrogen-bond donors (Lipinski definition) is 2. The monoisotopic (exact) mass is 361 g/mol. The summed E-state index contributed by atoms with van der Waals surface area (Å²) in [5.41, 5.74) is 1.22. The van der Waals surface area contributed by atoms with Gasteiger partial charge in [0.05, 0.1) is 19.9 Å². The summed E-state index contributed by atoms with van der Waals surface area (Å²) in [6, 6.07) is 5.78. The van der Waals surface area contributed by atoms with E-state index < -0.39 is 0 Å². The van der Waals surface area contributed by atoms with Gasteiger partial charge in [-0.15, -0.1) is 11.3 Å². The number of hydrogen-bond acceptors (Lipinski definition) is 6. The predicted molar refractivity (Wildman–Crippen MR) is 99.3 cm³/mol. The highest BCUT2D eigenvalue weighted by atomic mass is 32.1. The minimum absolute atomic E-state index is 0.0992. The Bertz CT molecular complexity index is 726. The van der Waals surface area contributed by atoms with Crippen molar-refractivity contribution in [2.45, 2.75) is 38.1 Å². The van der Waals surface area contributed by atoms with E-state index in [1.165, 1.54) is 30.6 Å². The van der Waals surface area contributed by atoms with E-state index in [4.69, 9.17) is 9.47 Å². The van der Waals surface area contributed by atoms with Crippen LogP contribution in [0.15, 0.2) is 23.6 Å². The lowest BCUT2D eigenvalue weighted by Gasteiger charge is -2.22. The SMILES string of the molecule is COc1ccc(Nc2nc(C(=O)NC3CCCCC3)cs2)c(OC)c1. The van der Waals surface area contributed by atoms with Gasteiger partial charge in [0.2, 0.25) is 0 Å². The van der Waals surface area contributed by atoms with E-state index in [0.717, 1.165) is 18.5 Å². The van der Waals surface area contributed by atoms with Crippen molar-refractivity contribution < 1.29 is 14.3 Å². The number of nitrogens with zero attached hydrogens (tertiary/aromatic N) is 1. The Kier molecular flexibility index (Phi) is 5.75. The van der Waals surface area contributed by atoms with Gasteiger partial charge in [0.25, 0.3) is 5.91 Å². The molecule has 0 unspecified atom stereocenters. The fraction of sp³-hybridized carbons (Fsp3) is 0.444. The normalized spacial score (nSPS) is 14.8. The summed E-state index contributed by atoms with van der Waals surface area (Å²) < 4.78 is 10.6. The van der Waals surface area contributed by atoms with Crippen LogP contribution < -0.4 is 20.1 Å². The molecule has 25 heavy (non-hydrogen) atoms. The quantitative estimate of drug-likeness (QED) is 0.815. The van der Waals surface area contributed by atoms with Gasteiger partial charge < -0.3 is 20.1 Å². The summed E-state index contributed by atoms with van der Waals surface area (Å²) in [4.78, 5) is 16.7. The van der Waals surface area contributed by atoms with Crippen molar-refractivity contribution >= 4 is 28.1 Å². The van der Waals surface area contributed by atoms with Crippen LogP contribution in [0.5, 0.6) is 11.5 Å². The number of benzene rings is 1.